The standard InChI is InChI=1S/C80H70FN4O.Pt/c1-51(2)56-40-57(52(3)4)42-58(41-56)71-46-61(80(8,9)10)45-70(55-32-34-62(81)35-33-55)78(71)84-50-83(73-30-19-20-31-74(73)84)63-43-59(77-66(53-22-13-11-14-23-53)27-21-28-67(77)54-24-15-12-16-25-54)44-65(48-63)86-64-36-37-69-68-26-17-18-29-72(68)85(75(69)49-64)76-47-60(38-39-82-76)79(5,6)7;/h11-47,50-52H,1-10H3;/q-3;. The summed E-state index contributed by atoms with van der Waals surface area (Å²) in [5.74, 6) is 2.19. The van der Waals surface area contributed by atoms with E-state index in [2.05, 4.69) is 290 Å². The monoisotopic (exact) mass is 1320 g/mol. The summed E-state index contributed by atoms with van der Waals surface area (Å²) in [4.78, 5) is 9.56. The average Bonchev–Trinajstić information content (AvgIpc) is 2.09. The summed E-state index contributed by atoms with van der Waals surface area (Å²) in [6.45, 7) is 24.8. The smallest absolute Gasteiger partial charge is 0.135 e. The van der Waals surface area contributed by atoms with E-state index in [1.54, 1.807) is 12.1 Å². The normalized spacial score (nSPS) is 12.6. The van der Waals surface area contributed by atoms with Gasteiger partial charge in [0.05, 0.1) is 0 Å². The minimum atomic E-state index is -0.279. The van der Waals surface area contributed by atoms with Gasteiger partial charge in [-0.3, -0.25) is 0 Å². The van der Waals surface area contributed by atoms with Gasteiger partial charge < -0.3 is 19.1 Å². The van der Waals surface area contributed by atoms with E-state index in [-0.39, 0.29) is 37.7 Å². The van der Waals surface area contributed by atoms with Gasteiger partial charge in [-0.2, -0.15) is 6.07 Å². The van der Waals surface area contributed by atoms with Crippen molar-refractivity contribution in [2.24, 2.45) is 0 Å². The molecule has 0 spiro atoms. The second kappa shape index (κ2) is 23.5. The van der Waals surface area contributed by atoms with Gasteiger partial charge in [-0.15, -0.1) is 53.6 Å². The third kappa shape index (κ3) is 11.3. The van der Waals surface area contributed by atoms with Crippen molar-refractivity contribution < 1.29 is 30.2 Å². The van der Waals surface area contributed by atoms with Crippen molar-refractivity contribution >= 4 is 44.6 Å². The summed E-state index contributed by atoms with van der Waals surface area (Å²) < 4.78 is 24.5. The van der Waals surface area contributed by atoms with Gasteiger partial charge in [0.25, 0.3) is 0 Å². The molecule has 1 aliphatic rings. The van der Waals surface area contributed by atoms with Crippen LogP contribution in [-0.4, -0.2) is 9.55 Å². The van der Waals surface area contributed by atoms with E-state index in [1.165, 1.54) is 22.3 Å². The summed E-state index contributed by atoms with van der Waals surface area (Å²) in [6, 6.07) is 84.1. The number of ether oxygens (including phenoxy) is 1. The van der Waals surface area contributed by atoms with Crippen molar-refractivity contribution in [1.82, 2.24) is 9.55 Å². The van der Waals surface area contributed by atoms with Gasteiger partial charge in [0.2, 0.25) is 0 Å². The van der Waals surface area contributed by atoms with Gasteiger partial charge in [0.15, 0.2) is 0 Å². The van der Waals surface area contributed by atoms with Crippen LogP contribution in [0.3, 0.4) is 0 Å². The van der Waals surface area contributed by atoms with Crippen molar-refractivity contribution in [2.75, 3.05) is 9.80 Å². The Bertz CT molecular complexity index is 4430. The molecule has 0 N–H and O–H groups in total. The first-order valence-corrected chi connectivity index (χ1v) is 30.0. The first kappa shape index (κ1) is 58.5. The van der Waals surface area contributed by atoms with Crippen molar-refractivity contribution in [2.45, 2.75) is 91.9 Å². The number of para-hydroxylation sites is 3. The molecular weight excluding hydrogens is 1250 g/mol. The predicted octanol–water partition coefficient (Wildman–Crippen LogP) is 22.3. The number of hydrogen-bond acceptors (Lipinski definition) is 4. The Labute approximate surface area is 527 Å². The number of anilines is 4. The maximum Gasteiger partial charge on any atom is 0.135 e. The molecule has 3 heterocycles. The first-order valence-electron chi connectivity index (χ1n) is 30.0. The second-order valence-corrected chi connectivity index (χ2v) is 25.5. The molecular formula is C80H70FN4OPt-3. The van der Waals surface area contributed by atoms with Gasteiger partial charge in [-0.05, 0) is 144 Å². The van der Waals surface area contributed by atoms with Crippen molar-refractivity contribution in [3.63, 3.8) is 0 Å². The van der Waals surface area contributed by atoms with Crippen LogP contribution in [0.1, 0.15) is 103 Å². The molecule has 0 amide bonds. The van der Waals surface area contributed by atoms with Crippen LogP contribution in [0.5, 0.6) is 11.5 Å². The third-order valence-corrected chi connectivity index (χ3v) is 16.9. The number of nitrogens with zero attached hydrogens (tertiary/aromatic N) is 4. The SMILES string of the molecule is CC(C)c1cc(-c2cc(C(C)(C)C)cc(-c3ccc(F)cc3)c2N2[CH-]N(c3[c-]c(Oc4[c-]c5c(cc4)c4ccccc4n5-c4cc(C(C)(C)C)ccn4)cc(-c4c(-c5ccccc5)cccc4-c4ccccc4)c3)c3ccccc32)cc(C(C)C)c1.[Pt]. The van der Waals surface area contributed by atoms with Gasteiger partial charge in [-0.1, -0.05) is 214 Å². The maximum absolute atomic E-state index is 15.1. The Balaban J connectivity index is 0.00000739. The molecule has 0 radical (unpaired) electrons. The molecule has 0 saturated carbocycles. The zero-order valence-corrected chi connectivity index (χ0v) is 53.3. The van der Waals surface area contributed by atoms with Crippen LogP contribution in [-0.2, 0) is 31.9 Å². The number of aromatic nitrogens is 2. The molecule has 0 unspecified atom stereocenters. The Morgan fingerprint density at radius 2 is 1.05 bits per heavy atom. The second-order valence-electron chi connectivity index (χ2n) is 25.5. The first-order chi connectivity index (χ1) is 41.4. The molecule has 0 bridgehead atoms. The number of pyridine rings is 1. The van der Waals surface area contributed by atoms with Crippen LogP contribution in [0.4, 0.5) is 27.1 Å². The largest absolute Gasteiger partial charge is 0.509 e. The Hall–Kier alpha value is -8.83. The molecule has 0 fully saturated rings. The van der Waals surface area contributed by atoms with Crippen molar-refractivity contribution in [3.8, 4) is 73.0 Å². The topological polar surface area (TPSA) is 33.5 Å². The average molecular weight is 1320 g/mol. The Kier molecular flexibility index (Phi) is 15.8. The van der Waals surface area contributed by atoms with E-state index in [0.717, 1.165) is 106 Å². The molecule has 0 atom stereocenters. The summed E-state index contributed by atoms with van der Waals surface area (Å²) in [7, 11) is 0. The van der Waals surface area contributed by atoms with Crippen LogP contribution in [0.25, 0.3) is 83.3 Å². The van der Waals surface area contributed by atoms with Crippen molar-refractivity contribution in [3.05, 3.63) is 271 Å². The van der Waals surface area contributed by atoms with Crippen LogP contribution >= 0.6 is 0 Å². The third-order valence-electron chi connectivity index (χ3n) is 16.9. The number of hydrogen-bond donors (Lipinski definition) is 0. The zero-order valence-electron chi connectivity index (χ0n) is 51.0. The minimum absolute atomic E-state index is 0. The molecule has 87 heavy (non-hydrogen) atoms. The zero-order chi connectivity index (χ0) is 59.6. The fraction of sp³-hybridized carbons (Fsp3) is 0.175. The molecule has 7 heteroatoms. The molecule has 1 aliphatic heterocycles. The predicted molar refractivity (Wildman–Crippen MR) is 357 cm³/mol. The summed E-state index contributed by atoms with van der Waals surface area (Å²) in [5.41, 5.74) is 20.7. The van der Waals surface area contributed by atoms with Gasteiger partial charge in [-0.25, -0.2) is 9.37 Å². The van der Waals surface area contributed by atoms with Crippen LogP contribution in [0.2, 0.25) is 0 Å². The van der Waals surface area contributed by atoms with Gasteiger partial charge in [0, 0.05) is 72.5 Å². The molecule has 0 aliphatic carbocycles. The molecule has 5 nitrogen and oxygen atoms in total. The fourth-order valence-corrected chi connectivity index (χ4v) is 12.1. The molecule has 2 aromatic heterocycles. The van der Waals surface area contributed by atoms with Crippen LogP contribution in [0.15, 0.2) is 225 Å². The van der Waals surface area contributed by atoms with Crippen LogP contribution in [0, 0.1) is 24.6 Å². The summed E-state index contributed by atoms with van der Waals surface area (Å²) in [5, 5.41) is 2.16. The van der Waals surface area contributed by atoms with Crippen LogP contribution < -0.4 is 14.5 Å². The number of halogens is 1. The van der Waals surface area contributed by atoms with E-state index < -0.39 is 0 Å². The van der Waals surface area contributed by atoms with Crippen molar-refractivity contribution in [1.29, 1.82) is 0 Å². The number of benzene rings is 10. The Morgan fingerprint density at radius 3 is 1.67 bits per heavy atom. The number of rotatable bonds is 12. The maximum atomic E-state index is 15.1. The molecule has 10 aromatic carbocycles. The quantitative estimate of drug-likeness (QED) is 0.114. The number of fused-ring (bicyclic) bond motifs is 4. The van der Waals surface area contributed by atoms with E-state index >= 15 is 4.39 Å². The van der Waals surface area contributed by atoms with E-state index in [1.807, 2.05) is 24.4 Å². The molecule has 0 saturated heterocycles. The van der Waals surface area contributed by atoms with E-state index in [0.29, 0.717) is 23.3 Å². The fourth-order valence-electron chi connectivity index (χ4n) is 12.1. The molecule has 436 valence electrons. The minimum Gasteiger partial charge on any atom is -0.509 e. The summed E-state index contributed by atoms with van der Waals surface area (Å²) >= 11 is 0. The van der Waals surface area contributed by atoms with E-state index in [9.17, 15) is 0 Å². The molecule has 12 aromatic rings. The molecule has 13 rings (SSSR count). The van der Waals surface area contributed by atoms with E-state index in [4.69, 9.17) is 9.72 Å². The van der Waals surface area contributed by atoms with Gasteiger partial charge in [0.1, 0.15) is 11.6 Å². The van der Waals surface area contributed by atoms with Gasteiger partial charge >= 0.3 is 0 Å². The Morgan fingerprint density at radius 1 is 0.471 bits per heavy atom. The summed E-state index contributed by atoms with van der Waals surface area (Å²) in [6.07, 6.45) is 1.91.